The third-order valence-corrected chi connectivity index (χ3v) is 1.15. The molecule has 0 aliphatic heterocycles. The molecule has 0 saturated heterocycles. The lowest BCUT2D eigenvalue weighted by Crippen LogP contribution is -2.14. The molecule has 3 nitrogen and oxygen atoms in total. The minimum Gasteiger partial charge on any atom is -0.431 e. The maximum Gasteiger partial charge on any atom is 0.509 e. The first-order valence-corrected chi connectivity index (χ1v) is 3.63. The van der Waals surface area contributed by atoms with Gasteiger partial charge in [0.25, 0.3) is 0 Å². The molecule has 0 heterocycles. The quantitative estimate of drug-likeness (QED) is 0.476. The topological polar surface area (TPSA) is 35.5 Å². The summed E-state index contributed by atoms with van der Waals surface area (Å²) >= 11 is 5.10. The Bertz CT molecular complexity index is 105. The monoisotopic (exact) mass is 166 g/mol. The molecule has 0 aromatic rings. The fourth-order valence-electron chi connectivity index (χ4n) is 0.326. The van der Waals surface area contributed by atoms with Gasteiger partial charge in [-0.15, -0.1) is 0 Å². The molecule has 1 atom stereocenters. The van der Waals surface area contributed by atoms with Crippen LogP contribution in [0.5, 0.6) is 0 Å². The summed E-state index contributed by atoms with van der Waals surface area (Å²) in [5.74, 6) is 0. The lowest BCUT2D eigenvalue weighted by molar-refractivity contribution is 0.0382. The van der Waals surface area contributed by atoms with Gasteiger partial charge < -0.3 is 9.47 Å². The van der Waals surface area contributed by atoms with Crippen LogP contribution in [0.1, 0.15) is 20.3 Å². The number of hydrogen-bond donors (Lipinski definition) is 0. The van der Waals surface area contributed by atoms with E-state index in [9.17, 15) is 4.79 Å². The van der Waals surface area contributed by atoms with Gasteiger partial charge >= 0.3 is 6.16 Å². The molecule has 0 rings (SSSR count). The molecule has 4 heteroatoms. The molecule has 60 valence electrons. The number of hydrogen-bond acceptors (Lipinski definition) is 3. The van der Waals surface area contributed by atoms with Crippen molar-refractivity contribution in [1.29, 1.82) is 0 Å². The molecule has 0 aromatic carbocycles. The van der Waals surface area contributed by atoms with Gasteiger partial charge in [0.2, 0.25) is 0 Å². The molecule has 0 spiro atoms. The zero-order valence-electron chi connectivity index (χ0n) is 6.09. The Morgan fingerprint density at radius 2 is 2.30 bits per heavy atom. The van der Waals surface area contributed by atoms with E-state index >= 15 is 0 Å². The van der Waals surface area contributed by atoms with Gasteiger partial charge in [0.1, 0.15) is 6.10 Å². The van der Waals surface area contributed by atoms with E-state index in [1.54, 1.807) is 6.92 Å². The second kappa shape index (κ2) is 5.35. The summed E-state index contributed by atoms with van der Waals surface area (Å²) in [6.45, 7) is 3.70. The fourth-order valence-corrected chi connectivity index (χ4v) is 0.415. The van der Waals surface area contributed by atoms with Crippen molar-refractivity contribution in [2.75, 3.05) is 6.07 Å². The molecular weight excluding hydrogens is 156 g/mol. The molecule has 0 aromatic heterocycles. The van der Waals surface area contributed by atoms with Crippen LogP contribution in [0.3, 0.4) is 0 Å². The first kappa shape index (κ1) is 9.56. The number of alkyl halides is 1. The summed E-state index contributed by atoms with van der Waals surface area (Å²) in [6, 6.07) is -0.157. The van der Waals surface area contributed by atoms with Crippen LogP contribution in [0, 0.1) is 0 Å². The van der Waals surface area contributed by atoms with E-state index in [0.717, 1.165) is 6.42 Å². The zero-order valence-corrected chi connectivity index (χ0v) is 6.85. The summed E-state index contributed by atoms with van der Waals surface area (Å²) < 4.78 is 9.01. The van der Waals surface area contributed by atoms with Crippen molar-refractivity contribution in [3.05, 3.63) is 0 Å². The van der Waals surface area contributed by atoms with E-state index in [1.165, 1.54) is 0 Å². The van der Waals surface area contributed by atoms with Crippen molar-refractivity contribution < 1.29 is 14.3 Å². The highest BCUT2D eigenvalue weighted by Gasteiger charge is 2.06. The fraction of sp³-hybridized carbons (Fsp3) is 0.833. The molecule has 0 amide bonds. The van der Waals surface area contributed by atoms with Crippen molar-refractivity contribution in [2.45, 2.75) is 26.4 Å². The minimum atomic E-state index is -0.704. The van der Waals surface area contributed by atoms with Crippen molar-refractivity contribution in [2.24, 2.45) is 0 Å². The van der Waals surface area contributed by atoms with E-state index < -0.39 is 6.16 Å². The van der Waals surface area contributed by atoms with Crippen LogP contribution in [-0.4, -0.2) is 18.3 Å². The van der Waals surface area contributed by atoms with Gasteiger partial charge in [-0.25, -0.2) is 4.79 Å². The summed E-state index contributed by atoms with van der Waals surface area (Å²) in [7, 11) is 0. The van der Waals surface area contributed by atoms with Crippen LogP contribution in [0.15, 0.2) is 0 Å². The molecular formula is C6H11ClO3. The Hall–Kier alpha value is -0.440. The smallest absolute Gasteiger partial charge is 0.431 e. The predicted molar refractivity (Wildman–Crippen MR) is 38.0 cm³/mol. The van der Waals surface area contributed by atoms with Gasteiger partial charge in [0.15, 0.2) is 6.07 Å². The second-order valence-corrected chi connectivity index (χ2v) is 2.06. The van der Waals surface area contributed by atoms with Crippen molar-refractivity contribution in [1.82, 2.24) is 0 Å². The Balaban J connectivity index is 3.37. The van der Waals surface area contributed by atoms with Crippen LogP contribution in [0.25, 0.3) is 0 Å². The molecule has 0 fully saturated rings. The van der Waals surface area contributed by atoms with E-state index in [2.05, 4.69) is 4.74 Å². The predicted octanol–water partition coefficient (Wildman–Crippen LogP) is 2.13. The minimum absolute atomic E-state index is 0.101. The van der Waals surface area contributed by atoms with Crippen LogP contribution >= 0.6 is 11.6 Å². The average Bonchev–Trinajstić information content (AvgIpc) is 1.88. The molecule has 0 unspecified atom stereocenters. The third kappa shape index (κ3) is 4.44. The Labute approximate surface area is 65.3 Å². The number of rotatable bonds is 3. The molecule has 0 saturated carbocycles. The van der Waals surface area contributed by atoms with Crippen molar-refractivity contribution >= 4 is 17.8 Å². The molecule has 0 aliphatic carbocycles. The Morgan fingerprint density at radius 1 is 1.70 bits per heavy atom. The average molecular weight is 167 g/mol. The summed E-state index contributed by atoms with van der Waals surface area (Å²) in [5, 5.41) is 0. The van der Waals surface area contributed by atoms with E-state index in [1.807, 2.05) is 6.92 Å². The van der Waals surface area contributed by atoms with Crippen molar-refractivity contribution in [3.63, 3.8) is 0 Å². The lowest BCUT2D eigenvalue weighted by Gasteiger charge is -2.08. The summed E-state index contributed by atoms with van der Waals surface area (Å²) in [4.78, 5) is 10.5. The number of carbonyl (C=O) groups excluding carboxylic acids is 1. The van der Waals surface area contributed by atoms with E-state index in [4.69, 9.17) is 16.3 Å². The van der Waals surface area contributed by atoms with Crippen LogP contribution < -0.4 is 0 Å². The standard InChI is InChI=1S/C6H11ClO3/c1-3-5(2)10-6(8)9-4-7/h5H,3-4H2,1-2H3/t5-/m0/s1. The van der Waals surface area contributed by atoms with Gasteiger partial charge in [-0.1, -0.05) is 18.5 Å². The molecule has 0 N–H and O–H groups in total. The van der Waals surface area contributed by atoms with Gasteiger partial charge in [0, 0.05) is 0 Å². The molecule has 0 radical (unpaired) electrons. The second-order valence-electron chi connectivity index (χ2n) is 1.84. The highest BCUT2D eigenvalue weighted by Crippen LogP contribution is 1.98. The lowest BCUT2D eigenvalue weighted by atomic mass is 10.3. The summed E-state index contributed by atoms with van der Waals surface area (Å²) in [5.41, 5.74) is 0. The SMILES string of the molecule is CC[C@H](C)OC(=O)OCCl. The first-order chi connectivity index (χ1) is 4.70. The Kier molecular flexibility index (Phi) is 5.12. The zero-order chi connectivity index (χ0) is 7.98. The molecule has 0 bridgehead atoms. The maximum atomic E-state index is 10.5. The molecule has 0 aliphatic rings. The highest BCUT2D eigenvalue weighted by molar-refractivity contribution is 6.17. The largest absolute Gasteiger partial charge is 0.509 e. The maximum absolute atomic E-state index is 10.5. The number of ether oxygens (including phenoxy) is 2. The van der Waals surface area contributed by atoms with Crippen LogP contribution in [0.4, 0.5) is 4.79 Å². The van der Waals surface area contributed by atoms with Crippen LogP contribution in [0.2, 0.25) is 0 Å². The first-order valence-electron chi connectivity index (χ1n) is 3.10. The van der Waals surface area contributed by atoms with Gasteiger partial charge in [-0.3, -0.25) is 0 Å². The molecule has 10 heavy (non-hydrogen) atoms. The third-order valence-electron chi connectivity index (χ3n) is 1.04. The van der Waals surface area contributed by atoms with Crippen LogP contribution in [-0.2, 0) is 9.47 Å². The van der Waals surface area contributed by atoms with Gasteiger partial charge in [0.05, 0.1) is 0 Å². The number of halogens is 1. The van der Waals surface area contributed by atoms with Gasteiger partial charge in [-0.05, 0) is 13.3 Å². The van der Waals surface area contributed by atoms with E-state index in [-0.39, 0.29) is 12.2 Å². The normalized spacial score (nSPS) is 12.3. The van der Waals surface area contributed by atoms with Crippen molar-refractivity contribution in [3.8, 4) is 0 Å². The Morgan fingerprint density at radius 3 is 2.70 bits per heavy atom. The summed E-state index contributed by atoms with van der Waals surface area (Å²) in [6.07, 6.45) is -0.0303. The highest BCUT2D eigenvalue weighted by atomic mass is 35.5. The number of carbonyl (C=O) groups is 1. The van der Waals surface area contributed by atoms with Gasteiger partial charge in [-0.2, -0.15) is 0 Å². The van der Waals surface area contributed by atoms with E-state index in [0.29, 0.717) is 0 Å².